The molecule has 1 saturated heterocycles. The smallest absolute Gasteiger partial charge is 0.348 e. The number of para-hydroxylation sites is 1. The van der Waals surface area contributed by atoms with E-state index in [1.807, 2.05) is 7.05 Å². The SMILES string of the molecule is CN1CCN(S(=O)(=O)N(c2ccccc2)c2ccsc2C(=O)O)CC1. The predicted molar refractivity (Wildman–Crippen MR) is 97.8 cm³/mol. The van der Waals surface area contributed by atoms with E-state index >= 15 is 0 Å². The Labute approximate surface area is 150 Å². The summed E-state index contributed by atoms with van der Waals surface area (Å²) in [5, 5.41) is 11.0. The summed E-state index contributed by atoms with van der Waals surface area (Å²) >= 11 is 1.01. The average molecular weight is 381 g/mol. The van der Waals surface area contributed by atoms with Crippen molar-refractivity contribution in [1.82, 2.24) is 9.21 Å². The molecule has 3 rings (SSSR count). The second-order valence-corrected chi connectivity index (χ2v) is 8.44. The molecule has 134 valence electrons. The highest BCUT2D eigenvalue weighted by atomic mass is 32.2. The van der Waals surface area contributed by atoms with E-state index in [0.29, 0.717) is 31.9 Å². The number of hydrogen-bond acceptors (Lipinski definition) is 5. The molecule has 0 spiro atoms. The second-order valence-electron chi connectivity index (χ2n) is 5.75. The van der Waals surface area contributed by atoms with Crippen LogP contribution >= 0.6 is 11.3 Å². The van der Waals surface area contributed by atoms with Crippen molar-refractivity contribution < 1.29 is 18.3 Å². The van der Waals surface area contributed by atoms with Crippen LogP contribution in [-0.4, -0.2) is 61.9 Å². The van der Waals surface area contributed by atoms with Crippen molar-refractivity contribution in [1.29, 1.82) is 0 Å². The standard InChI is InChI=1S/C16H19N3O4S2/c1-17-8-10-18(11-9-17)25(22,23)19(13-5-3-2-4-6-13)14-7-12-24-15(14)16(20)21/h2-7,12H,8-11H2,1H3,(H,20,21). The number of hydrogen-bond donors (Lipinski definition) is 1. The fourth-order valence-corrected chi connectivity index (χ4v) is 5.13. The van der Waals surface area contributed by atoms with E-state index in [9.17, 15) is 18.3 Å². The lowest BCUT2D eigenvalue weighted by Gasteiger charge is -2.35. The summed E-state index contributed by atoms with van der Waals surface area (Å²) in [7, 11) is -1.95. The van der Waals surface area contributed by atoms with Gasteiger partial charge in [-0.25, -0.2) is 9.10 Å². The van der Waals surface area contributed by atoms with Gasteiger partial charge in [-0.2, -0.15) is 12.7 Å². The Bertz CT molecular complexity index is 843. The molecule has 1 N–H and O–H groups in total. The van der Waals surface area contributed by atoms with E-state index in [1.165, 1.54) is 10.4 Å². The third-order valence-electron chi connectivity index (χ3n) is 4.07. The number of carboxylic acid groups (broad SMARTS) is 1. The zero-order valence-corrected chi connectivity index (χ0v) is 15.3. The molecule has 0 radical (unpaired) electrons. The highest BCUT2D eigenvalue weighted by Gasteiger charge is 2.35. The molecular formula is C16H19N3O4S2. The molecule has 1 aliphatic rings. The van der Waals surface area contributed by atoms with E-state index < -0.39 is 16.2 Å². The zero-order chi connectivity index (χ0) is 18.0. The molecule has 2 aromatic rings. The Hall–Kier alpha value is -1.94. The summed E-state index contributed by atoms with van der Waals surface area (Å²) in [6.07, 6.45) is 0. The number of rotatable bonds is 5. The Balaban J connectivity index is 2.08. The van der Waals surface area contributed by atoms with Crippen LogP contribution in [0.1, 0.15) is 9.67 Å². The van der Waals surface area contributed by atoms with Crippen LogP contribution in [-0.2, 0) is 10.2 Å². The second kappa shape index (κ2) is 7.12. The Morgan fingerprint density at radius 1 is 1.12 bits per heavy atom. The van der Waals surface area contributed by atoms with Crippen LogP contribution in [0.25, 0.3) is 0 Å². The summed E-state index contributed by atoms with van der Waals surface area (Å²) in [6.45, 7) is 2.01. The first-order valence-corrected chi connectivity index (χ1v) is 10.0. The molecule has 1 aromatic carbocycles. The predicted octanol–water partition coefficient (Wildman–Crippen LogP) is 2.08. The number of aromatic carboxylic acids is 1. The number of thiophene rings is 1. The molecule has 7 nitrogen and oxygen atoms in total. The quantitative estimate of drug-likeness (QED) is 0.858. The van der Waals surface area contributed by atoms with Crippen LogP contribution in [0.5, 0.6) is 0 Å². The summed E-state index contributed by atoms with van der Waals surface area (Å²) in [5.74, 6) is -1.14. The molecule has 0 bridgehead atoms. The van der Waals surface area contributed by atoms with Gasteiger partial charge in [-0.15, -0.1) is 11.3 Å². The summed E-state index contributed by atoms with van der Waals surface area (Å²) < 4.78 is 29.2. The lowest BCUT2D eigenvalue weighted by molar-refractivity contribution is 0.0703. The summed E-state index contributed by atoms with van der Waals surface area (Å²) in [4.78, 5) is 13.6. The molecule has 0 aliphatic carbocycles. The number of carboxylic acids is 1. The monoisotopic (exact) mass is 381 g/mol. The van der Waals surface area contributed by atoms with Crippen LogP contribution in [0.4, 0.5) is 11.4 Å². The van der Waals surface area contributed by atoms with Gasteiger partial charge in [0.05, 0.1) is 11.4 Å². The molecule has 9 heteroatoms. The van der Waals surface area contributed by atoms with Crippen LogP contribution < -0.4 is 4.31 Å². The van der Waals surface area contributed by atoms with Crippen LogP contribution in [0.3, 0.4) is 0 Å². The Morgan fingerprint density at radius 3 is 2.36 bits per heavy atom. The fourth-order valence-electron chi connectivity index (χ4n) is 2.72. The van der Waals surface area contributed by atoms with Gasteiger partial charge < -0.3 is 10.0 Å². The van der Waals surface area contributed by atoms with Gasteiger partial charge in [-0.05, 0) is 30.6 Å². The lowest BCUT2D eigenvalue weighted by Crippen LogP contribution is -2.51. The van der Waals surface area contributed by atoms with E-state index in [-0.39, 0.29) is 10.6 Å². The molecule has 0 amide bonds. The third-order valence-corrected chi connectivity index (χ3v) is 6.85. The molecule has 2 heterocycles. The minimum absolute atomic E-state index is 0.00144. The minimum atomic E-state index is -3.90. The van der Waals surface area contributed by atoms with Crippen molar-refractivity contribution in [2.24, 2.45) is 0 Å². The Morgan fingerprint density at radius 2 is 1.76 bits per heavy atom. The van der Waals surface area contributed by atoms with Gasteiger partial charge in [-0.3, -0.25) is 0 Å². The molecule has 1 aliphatic heterocycles. The number of benzene rings is 1. The first-order valence-electron chi connectivity index (χ1n) is 7.76. The van der Waals surface area contributed by atoms with Gasteiger partial charge in [0.15, 0.2) is 0 Å². The third kappa shape index (κ3) is 3.54. The molecule has 0 unspecified atom stereocenters. The zero-order valence-electron chi connectivity index (χ0n) is 13.7. The van der Waals surface area contributed by atoms with Crippen molar-refractivity contribution in [2.45, 2.75) is 0 Å². The highest BCUT2D eigenvalue weighted by Crippen LogP contribution is 2.36. The molecule has 1 aromatic heterocycles. The molecule has 0 atom stereocenters. The molecule has 0 saturated carbocycles. The average Bonchev–Trinajstić information content (AvgIpc) is 3.05. The van der Waals surface area contributed by atoms with E-state index in [0.717, 1.165) is 15.6 Å². The molecule has 25 heavy (non-hydrogen) atoms. The van der Waals surface area contributed by atoms with Crippen LogP contribution in [0.15, 0.2) is 41.8 Å². The maximum absolute atomic E-state index is 13.3. The van der Waals surface area contributed by atoms with E-state index in [1.54, 1.807) is 35.7 Å². The van der Waals surface area contributed by atoms with Crippen LogP contribution in [0, 0.1) is 0 Å². The van der Waals surface area contributed by atoms with Gasteiger partial charge in [-0.1, -0.05) is 18.2 Å². The van der Waals surface area contributed by atoms with Crippen molar-refractivity contribution in [3.63, 3.8) is 0 Å². The van der Waals surface area contributed by atoms with Crippen LogP contribution in [0.2, 0.25) is 0 Å². The van der Waals surface area contributed by atoms with E-state index in [4.69, 9.17) is 0 Å². The number of nitrogens with zero attached hydrogens (tertiary/aromatic N) is 3. The van der Waals surface area contributed by atoms with Gasteiger partial charge in [0, 0.05) is 26.2 Å². The van der Waals surface area contributed by atoms with Crippen molar-refractivity contribution >= 4 is 38.9 Å². The first-order chi connectivity index (χ1) is 11.9. The highest BCUT2D eigenvalue weighted by molar-refractivity contribution is 7.90. The molecule has 1 fully saturated rings. The summed E-state index contributed by atoms with van der Waals surface area (Å²) in [5.41, 5.74) is 0.588. The van der Waals surface area contributed by atoms with E-state index in [2.05, 4.69) is 4.90 Å². The Kier molecular flexibility index (Phi) is 5.09. The minimum Gasteiger partial charge on any atom is -0.477 e. The van der Waals surface area contributed by atoms with Crippen molar-refractivity contribution in [2.75, 3.05) is 37.5 Å². The number of piperazine rings is 1. The topological polar surface area (TPSA) is 81.2 Å². The molecular weight excluding hydrogens is 362 g/mol. The van der Waals surface area contributed by atoms with Crippen molar-refractivity contribution in [3.8, 4) is 0 Å². The lowest BCUT2D eigenvalue weighted by atomic mass is 10.3. The number of carbonyl (C=O) groups is 1. The van der Waals surface area contributed by atoms with Gasteiger partial charge in [0.2, 0.25) is 0 Å². The van der Waals surface area contributed by atoms with Gasteiger partial charge in [0.1, 0.15) is 4.88 Å². The maximum atomic E-state index is 13.3. The largest absolute Gasteiger partial charge is 0.477 e. The van der Waals surface area contributed by atoms with Gasteiger partial charge >= 0.3 is 16.2 Å². The summed E-state index contributed by atoms with van der Waals surface area (Å²) in [6, 6.07) is 10.1. The fraction of sp³-hybridized carbons (Fsp3) is 0.312. The van der Waals surface area contributed by atoms with Crippen molar-refractivity contribution in [3.05, 3.63) is 46.7 Å². The first kappa shape index (κ1) is 17.9. The number of likely N-dealkylation sites (N-methyl/N-ethyl adjacent to an activating group) is 1. The number of anilines is 2. The maximum Gasteiger partial charge on any atom is 0.348 e. The normalized spacial score (nSPS) is 16.7. The van der Waals surface area contributed by atoms with Gasteiger partial charge in [0.25, 0.3) is 0 Å².